The average Bonchev–Trinajstić information content (AvgIpc) is 2.91. The highest BCUT2D eigenvalue weighted by atomic mass is 16.2. The Morgan fingerprint density at radius 3 is 2.50 bits per heavy atom. The van der Waals surface area contributed by atoms with Crippen molar-refractivity contribution in [2.45, 2.75) is 31.7 Å². The van der Waals surface area contributed by atoms with Gasteiger partial charge < -0.3 is 5.32 Å². The molecular weight excluding hydrogens is 226 g/mol. The molecular formula is C14H23N3O. The number of rotatable bonds is 4. The Hall–Kier alpha value is -1.05. The van der Waals surface area contributed by atoms with Gasteiger partial charge in [0, 0.05) is 32.2 Å². The molecule has 0 aromatic carbocycles. The highest BCUT2D eigenvalue weighted by Gasteiger charge is 2.26. The SMILES string of the molecule is C#CCNC(=O)CN1CCN(C2CCCC2)CC1. The number of carbonyl (C=O) groups is 1. The first-order valence-electron chi connectivity index (χ1n) is 6.96. The molecule has 4 nitrogen and oxygen atoms in total. The van der Waals surface area contributed by atoms with E-state index >= 15 is 0 Å². The number of terminal acetylenes is 1. The van der Waals surface area contributed by atoms with E-state index in [0.717, 1.165) is 32.2 Å². The predicted octanol–water partition coefficient (Wildman–Crippen LogP) is 0.296. The van der Waals surface area contributed by atoms with E-state index in [1.807, 2.05) is 0 Å². The van der Waals surface area contributed by atoms with Gasteiger partial charge in [-0.25, -0.2) is 0 Å². The molecule has 2 aliphatic rings. The van der Waals surface area contributed by atoms with Gasteiger partial charge >= 0.3 is 0 Å². The lowest BCUT2D eigenvalue weighted by atomic mass is 10.2. The van der Waals surface area contributed by atoms with E-state index in [9.17, 15) is 4.79 Å². The zero-order chi connectivity index (χ0) is 12.8. The van der Waals surface area contributed by atoms with Gasteiger partial charge in [0.2, 0.25) is 5.91 Å². The van der Waals surface area contributed by atoms with E-state index in [1.165, 1.54) is 25.7 Å². The fourth-order valence-electron chi connectivity index (χ4n) is 2.96. The first-order valence-corrected chi connectivity index (χ1v) is 6.96. The number of hydrogen-bond donors (Lipinski definition) is 1. The Kier molecular flexibility index (Phi) is 5.03. The van der Waals surface area contributed by atoms with Crippen molar-refractivity contribution in [3.63, 3.8) is 0 Å². The standard InChI is InChI=1S/C14H23N3O/c1-2-7-15-14(18)12-16-8-10-17(11-9-16)13-5-3-4-6-13/h1,13H,3-12H2,(H,15,18). The van der Waals surface area contributed by atoms with Crippen molar-refractivity contribution in [2.75, 3.05) is 39.3 Å². The maximum absolute atomic E-state index is 11.5. The average molecular weight is 249 g/mol. The molecule has 1 aliphatic carbocycles. The highest BCUT2D eigenvalue weighted by Crippen LogP contribution is 2.24. The molecule has 0 bridgehead atoms. The Balaban J connectivity index is 1.66. The Bertz CT molecular complexity index is 309. The number of carbonyl (C=O) groups excluding carboxylic acids is 1. The molecule has 1 heterocycles. The Labute approximate surface area is 110 Å². The van der Waals surface area contributed by atoms with Gasteiger partial charge in [0.05, 0.1) is 13.1 Å². The van der Waals surface area contributed by atoms with Crippen LogP contribution in [0.25, 0.3) is 0 Å². The van der Waals surface area contributed by atoms with Crippen LogP contribution in [0.5, 0.6) is 0 Å². The van der Waals surface area contributed by atoms with Crippen molar-refractivity contribution in [3.8, 4) is 12.3 Å². The van der Waals surface area contributed by atoms with Gasteiger partial charge in [-0.05, 0) is 12.8 Å². The van der Waals surface area contributed by atoms with Crippen LogP contribution in [0.1, 0.15) is 25.7 Å². The first-order chi connectivity index (χ1) is 8.79. The number of amides is 1. The molecule has 2 fully saturated rings. The molecule has 0 aromatic heterocycles. The van der Waals surface area contributed by atoms with Crippen LogP contribution >= 0.6 is 0 Å². The van der Waals surface area contributed by atoms with Crippen LogP contribution in [0, 0.1) is 12.3 Å². The van der Waals surface area contributed by atoms with Crippen LogP contribution in [-0.4, -0.2) is 61.0 Å². The van der Waals surface area contributed by atoms with Gasteiger partial charge in [-0.3, -0.25) is 14.6 Å². The number of nitrogens with zero attached hydrogens (tertiary/aromatic N) is 2. The normalized spacial score (nSPS) is 22.8. The second-order valence-electron chi connectivity index (χ2n) is 5.23. The molecule has 0 radical (unpaired) electrons. The predicted molar refractivity (Wildman–Crippen MR) is 72.1 cm³/mol. The molecule has 1 saturated carbocycles. The lowest BCUT2D eigenvalue weighted by Gasteiger charge is -2.37. The summed E-state index contributed by atoms with van der Waals surface area (Å²) in [5.74, 6) is 2.47. The zero-order valence-corrected chi connectivity index (χ0v) is 11.0. The summed E-state index contributed by atoms with van der Waals surface area (Å²) in [5, 5.41) is 2.72. The minimum atomic E-state index is 0.0438. The third-order valence-electron chi connectivity index (χ3n) is 4.00. The molecule has 1 saturated heterocycles. The number of hydrogen-bond acceptors (Lipinski definition) is 3. The summed E-state index contributed by atoms with van der Waals surface area (Å²) in [7, 11) is 0. The Morgan fingerprint density at radius 1 is 1.22 bits per heavy atom. The highest BCUT2D eigenvalue weighted by molar-refractivity contribution is 5.78. The molecule has 1 aliphatic heterocycles. The maximum atomic E-state index is 11.5. The van der Waals surface area contributed by atoms with Crippen molar-refractivity contribution in [1.82, 2.24) is 15.1 Å². The van der Waals surface area contributed by atoms with E-state index in [1.54, 1.807) is 0 Å². The smallest absolute Gasteiger partial charge is 0.234 e. The zero-order valence-electron chi connectivity index (χ0n) is 11.0. The summed E-state index contributed by atoms with van der Waals surface area (Å²) in [6.45, 7) is 5.03. The quantitative estimate of drug-likeness (QED) is 0.728. The first kappa shape index (κ1) is 13.4. The van der Waals surface area contributed by atoms with E-state index in [2.05, 4.69) is 21.0 Å². The maximum Gasteiger partial charge on any atom is 0.234 e. The van der Waals surface area contributed by atoms with Crippen molar-refractivity contribution in [2.24, 2.45) is 0 Å². The van der Waals surface area contributed by atoms with Crippen LogP contribution < -0.4 is 5.32 Å². The molecule has 18 heavy (non-hydrogen) atoms. The van der Waals surface area contributed by atoms with E-state index in [4.69, 9.17) is 6.42 Å². The topological polar surface area (TPSA) is 35.6 Å². The molecule has 0 unspecified atom stereocenters. The third-order valence-corrected chi connectivity index (χ3v) is 4.00. The van der Waals surface area contributed by atoms with Crippen LogP contribution in [-0.2, 0) is 4.79 Å². The number of piperazine rings is 1. The molecule has 4 heteroatoms. The molecule has 0 aromatic rings. The number of nitrogens with one attached hydrogen (secondary N) is 1. The minimum absolute atomic E-state index is 0.0438. The van der Waals surface area contributed by atoms with E-state index < -0.39 is 0 Å². The molecule has 1 N–H and O–H groups in total. The largest absolute Gasteiger partial charge is 0.344 e. The second-order valence-corrected chi connectivity index (χ2v) is 5.23. The molecule has 1 amide bonds. The summed E-state index contributed by atoms with van der Waals surface area (Å²) >= 11 is 0. The third kappa shape index (κ3) is 3.72. The van der Waals surface area contributed by atoms with Crippen molar-refractivity contribution < 1.29 is 4.79 Å². The van der Waals surface area contributed by atoms with Gasteiger partial charge in [-0.15, -0.1) is 6.42 Å². The van der Waals surface area contributed by atoms with E-state index in [-0.39, 0.29) is 5.91 Å². The van der Waals surface area contributed by atoms with Crippen LogP contribution in [0.4, 0.5) is 0 Å². The second kappa shape index (κ2) is 6.77. The molecule has 0 atom stereocenters. The van der Waals surface area contributed by atoms with Crippen molar-refractivity contribution in [1.29, 1.82) is 0 Å². The lowest BCUT2D eigenvalue weighted by Crippen LogP contribution is -2.51. The fraction of sp³-hybridized carbons (Fsp3) is 0.786. The van der Waals surface area contributed by atoms with Gasteiger partial charge in [0.1, 0.15) is 0 Å². The van der Waals surface area contributed by atoms with Gasteiger partial charge in [-0.2, -0.15) is 0 Å². The summed E-state index contributed by atoms with van der Waals surface area (Å²) in [5.41, 5.74) is 0. The van der Waals surface area contributed by atoms with Crippen LogP contribution in [0.15, 0.2) is 0 Å². The molecule has 0 spiro atoms. The monoisotopic (exact) mass is 249 g/mol. The minimum Gasteiger partial charge on any atom is -0.344 e. The Morgan fingerprint density at radius 2 is 1.89 bits per heavy atom. The van der Waals surface area contributed by atoms with Crippen LogP contribution in [0.3, 0.4) is 0 Å². The lowest BCUT2D eigenvalue weighted by molar-refractivity contribution is -0.122. The van der Waals surface area contributed by atoms with Gasteiger partial charge in [-0.1, -0.05) is 18.8 Å². The van der Waals surface area contributed by atoms with Gasteiger partial charge in [0.15, 0.2) is 0 Å². The van der Waals surface area contributed by atoms with E-state index in [0.29, 0.717) is 13.1 Å². The summed E-state index contributed by atoms with van der Waals surface area (Å²) in [6.07, 6.45) is 10.6. The summed E-state index contributed by atoms with van der Waals surface area (Å²) in [4.78, 5) is 16.4. The van der Waals surface area contributed by atoms with Crippen molar-refractivity contribution >= 4 is 5.91 Å². The molecule has 100 valence electrons. The summed E-state index contributed by atoms with van der Waals surface area (Å²) in [6, 6.07) is 0.808. The molecule has 2 rings (SSSR count). The van der Waals surface area contributed by atoms with Gasteiger partial charge in [0.25, 0.3) is 0 Å². The fourth-order valence-corrected chi connectivity index (χ4v) is 2.96. The van der Waals surface area contributed by atoms with Crippen molar-refractivity contribution in [3.05, 3.63) is 0 Å². The summed E-state index contributed by atoms with van der Waals surface area (Å²) < 4.78 is 0. The van der Waals surface area contributed by atoms with Crippen LogP contribution in [0.2, 0.25) is 0 Å².